The molecule has 2 unspecified atom stereocenters. The summed E-state index contributed by atoms with van der Waals surface area (Å²) in [4.78, 5) is 42.3. The summed E-state index contributed by atoms with van der Waals surface area (Å²) in [6, 6.07) is 14.5. The van der Waals surface area contributed by atoms with Crippen molar-refractivity contribution >= 4 is 29.0 Å². The Bertz CT molecular complexity index is 1350. The third kappa shape index (κ3) is 3.47. The Morgan fingerprint density at radius 1 is 1.15 bits per heavy atom. The van der Waals surface area contributed by atoms with Gasteiger partial charge in [-0.3, -0.25) is 24.6 Å². The van der Waals surface area contributed by atoms with Crippen molar-refractivity contribution in [1.29, 1.82) is 0 Å². The number of hydrogen-bond donors (Lipinski definition) is 1. The number of ketones is 1. The Morgan fingerprint density at radius 2 is 1.91 bits per heavy atom. The van der Waals surface area contributed by atoms with Gasteiger partial charge in [0.2, 0.25) is 0 Å². The van der Waals surface area contributed by atoms with E-state index in [1.807, 2.05) is 6.92 Å². The molecule has 2 aliphatic rings. The number of rotatable bonds is 4. The lowest BCUT2D eigenvalue weighted by atomic mass is 9.94. The minimum absolute atomic E-state index is 0.00207. The molecule has 2 aromatic carbocycles. The summed E-state index contributed by atoms with van der Waals surface area (Å²) in [5, 5.41) is 22.4. The number of fused-ring (bicyclic) bond motifs is 1. The Balaban J connectivity index is 1.68. The van der Waals surface area contributed by atoms with Crippen LogP contribution >= 0.6 is 0 Å². The van der Waals surface area contributed by atoms with Crippen LogP contribution in [-0.4, -0.2) is 32.8 Å². The van der Waals surface area contributed by atoms with Crippen LogP contribution in [0.3, 0.4) is 0 Å². The minimum atomic E-state index is -1.01. The zero-order valence-corrected chi connectivity index (χ0v) is 18.0. The van der Waals surface area contributed by atoms with E-state index in [-0.39, 0.29) is 28.9 Å². The molecular weight excluding hydrogens is 438 g/mol. The SMILES string of the molecule is CC1Cc2cc(/C(O)=C3\C(=O)C(=O)N(c4ccccn4)C3c3ccc([N+](=O)[O-])cc3)ccc2O1. The number of aliphatic hydroxyl groups excluding tert-OH is 1. The van der Waals surface area contributed by atoms with Crippen molar-refractivity contribution < 1.29 is 24.4 Å². The average Bonchev–Trinajstić information content (AvgIpc) is 3.34. The van der Waals surface area contributed by atoms with Crippen molar-refractivity contribution in [2.24, 2.45) is 0 Å². The smallest absolute Gasteiger partial charge is 0.301 e. The van der Waals surface area contributed by atoms with Gasteiger partial charge in [0.15, 0.2) is 0 Å². The first-order valence-corrected chi connectivity index (χ1v) is 10.6. The number of nitro benzene ring substituents is 1. The Labute approximate surface area is 194 Å². The molecular formula is C25H19N3O6. The van der Waals surface area contributed by atoms with Gasteiger partial charge in [-0.05, 0) is 60.5 Å². The molecule has 0 saturated carbocycles. The van der Waals surface area contributed by atoms with Crippen LogP contribution in [0.1, 0.15) is 29.7 Å². The third-order valence-corrected chi connectivity index (χ3v) is 5.93. The number of pyridine rings is 1. The fraction of sp³-hybridized carbons (Fsp3) is 0.160. The normalized spacial score (nSPS) is 20.8. The van der Waals surface area contributed by atoms with E-state index in [0.29, 0.717) is 23.3 Å². The van der Waals surface area contributed by atoms with Crippen molar-refractivity contribution in [3.05, 3.63) is 99.2 Å². The topological polar surface area (TPSA) is 123 Å². The number of benzene rings is 2. The van der Waals surface area contributed by atoms with Crippen LogP contribution in [0.4, 0.5) is 11.5 Å². The maximum absolute atomic E-state index is 13.2. The minimum Gasteiger partial charge on any atom is -0.507 e. The molecule has 2 aliphatic heterocycles. The number of anilines is 1. The summed E-state index contributed by atoms with van der Waals surface area (Å²) in [7, 11) is 0. The average molecular weight is 457 g/mol. The number of ether oxygens (including phenoxy) is 1. The van der Waals surface area contributed by atoms with Crippen LogP contribution < -0.4 is 9.64 Å². The van der Waals surface area contributed by atoms with Crippen molar-refractivity contribution in [2.45, 2.75) is 25.5 Å². The molecule has 0 spiro atoms. The molecule has 1 fully saturated rings. The fourth-order valence-electron chi connectivity index (χ4n) is 4.38. The molecule has 9 nitrogen and oxygen atoms in total. The second kappa shape index (κ2) is 8.11. The molecule has 5 rings (SSSR count). The van der Waals surface area contributed by atoms with E-state index < -0.39 is 22.7 Å². The third-order valence-electron chi connectivity index (χ3n) is 5.93. The number of amides is 1. The van der Waals surface area contributed by atoms with Crippen molar-refractivity contribution in [3.8, 4) is 5.75 Å². The molecule has 1 N–H and O–H groups in total. The van der Waals surface area contributed by atoms with Crippen LogP contribution in [0.15, 0.2) is 72.4 Å². The number of non-ortho nitro benzene ring substituents is 1. The molecule has 0 aliphatic carbocycles. The van der Waals surface area contributed by atoms with Crippen LogP contribution in [0, 0.1) is 10.1 Å². The van der Waals surface area contributed by atoms with Crippen LogP contribution in [0.25, 0.3) is 5.76 Å². The predicted octanol–water partition coefficient (Wildman–Crippen LogP) is 3.94. The van der Waals surface area contributed by atoms with Crippen LogP contribution in [0.2, 0.25) is 0 Å². The van der Waals surface area contributed by atoms with Gasteiger partial charge in [0.1, 0.15) is 23.4 Å². The number of carbonyl (C=O) groups is 2. The lowest BCUT2D eigenvalue weighted by molar-refractivity contribution is -0.384. The monoisotopic (exact) mass is 457 g/mol. The summed E-state index contributed by atoms with van der Waals surface area (Å²) in [5.74, 6) is -1.10. The summed E-state index contributed by atoms with van der Waals surface area (Å²) < 4.78 is 5.71. The molecule has 34 heavy (non-hydrogen) atoms. The quantitative estimate of drug-likeness (QED) is 0.207. The Hall–Kier alpha value is -4.53. The number of Topliss-reactive ketones (excluding diaryl/α,β-unsaturated/α-hetero) is 1. The van der Waals surface area contributed by atoms with E-state index in [1.165, 1.54) is 35.4 Å². The number of aliphatic hydroxyl groups is 1. The molecule has 3 heterocycles. The van der Waals surface area contributed by atoms with Gasteiger partial charge in [0.05, 0.1) is 16.5 Å². The molecule has 0 bridgehead atoms. The van der Waals surface area contributed by atoms with Gasteiger partial charge in [-0.25, -0.2) is 4.98 Å². The van der Waals surface area contributed by atoms with E-state index in [1.54, 1.807) is 36.4 Å². The van der Waals surface area contributed by atoms with Gasteiger partial charge in [-0.1, -0.05) is 6.07 Å². The molecule has 2 atom stereocenters. The summed E-state index contributed by atoms with van der Waals surface area (Å²) in [6.07, 6.45) is 2.15. The maximum Gasteiger partial charge on any atom is 0.301 e. The molecule has 3 aromatic rings. The molecule has 0 radical (unpaired) electrons. The first-order valence-electron chi connectivity index (χ1n) is 10.6. The van der Waals surface area contributed by atoms with Crippen molar-refractivity contribution in [2.75, 3.05) is 4.90 Å². The second-order valence-electron chi connectivity index (χ2n) is 8.16. The molecule has 170 valence electrons. The van der Waals surface area contributed by atoms with Gasteiger partial charge >= 0.3 is 5.91 Å². The molecule has 9 heteroatoms. The van der Waals surface area contributed by atoms with Gasteiger partial charge in [-0.2, -0.15) is 0 Å². The highest BCUT2D eigenvalue weighted by Crippen LogP contribution is 2.42. The lowest BCUT2D eigenvalue weighted by Crippen LogP contribution is -2.30. The number of hydrogen-bond acceptors (Lipinski definition) is 7. The summed E-state index contributed by atoms with van der Waals surface area (Å²) in [5.41, 5.74) is 1.45. The fourth-order valence-corrected chi connectivity index (χ4v) is 4.38. The lowest BCUT2D eigenvalue weighted by Gasteiger charge is -2.24. The zero-order valence-electron chi connectivity index (χ0n) is 18.0. The number of aromatic nitrogens is 1. The predicted molar refractivity (Wildman–Crippen MR) is 122 cm³/mol. The van der Waals surface area contributed by atoms with E-state index in [2.05, 4.69) is 4.98 Å². The largest absolute Gasteiger partial charge is 0.507 e. The highest BCUT2D eigenvalue weighted by Gasteiger charge is 2.47. The first-order chi connectivity index (χ1) is 16.3. The van der Waals surface area contributed by atoms with E-state index in [0.717, 1.165) is 5.56 Å². The zero-order chi connectivity index (χ0) is 24.0. The standard InChI is InChI=1S/C25H19N3O6/c1-14-12-17-13-16(7-10-19(17)34-14)23(29)21-22(15-5-8-18(9-6-15)28(32)33)27(25(31)24(21)30)20-4-2-3-11-26-20/h2-11,13-14,22,29H,12H2,1H3/b23-21+. The highest BCUT2D eigenvalue weighted by molar-refractivity contribution is 6.51. The summed E-state index contributed by atoms with van der Waals surface area (Å²) >= 11 is 0. The summed E-state index contributed by atoms with van der Waals surface area (Å²) in [6.45, 7) is 1.94. The Morgan fingerprint density at radius 3 is 2.59 bits per heavy atom. The number of carbonyl (C=O) groups excluding carboxylic acids is 2. The maximum atomic E-state index is 13.2. The van der Waals surface area contributed by atoms with Gasteiger partial charge in [0, 0.05) is 30.3 Å². The van der Waals surface area contributed by atoms with Crippen molar-refractivity contribution in [3.63, 3.8) is 0 Å². The van der Waals surface area contributed by atoms with Gasteiger partial charge in [0.25, 0.3) is 11.5 Å². The van der Waals surface area contributed by atoms with E-state index in [9.17, 15) is 24.8 Å². The van der Waals surface area contributed by atoms with Crippen LogP contribution in [-0.2, 0) is 16.0 Å². The van der Waals surface area contributed by atoms with Gasteiger partial charge in [-0.15, -0.1) is 0 Å². The molecule has 1 saturated heterocycles. The number of nitrogens with zero attached hydrogens (tertiary/aromatic N) is 3. The van der Waals surface area contributed by atoms with E-state index in [4.69, 9.17) is 4.74 Å². The van der Waals surface area contributed by atoms with E-state index >= 15 is 0 Å². The van der Waals surface area contributed by atoms with Gasteiger partial charge < -0.3 is 9.84 Å². The Kier molecular flexibility index (Phi) is 5.09. The number of nitro groups is 1. The highest BCUT2D eigenvalue weighted by atomic mass is 16.6. The molecule has 1 amide bonds. The second-order valence-corrected chi connectivity index (χ2v) is 8.16. The first kappa shape index (κ1) is 21.3. The van der Waals surface area contributed by atoms with Crippen molar-refractivity contribution in [1.82, 2.24) is 4.98 Å². The van der Waals surface area contributed by atoms with Crippen LogP contribution in [0.5, 0.6) is 5.75 Å². The molecule has 1 aromatic heterocycles.